The molecule has 0 radical (unpaired) electrons. The van der Waals surface area contributed by atoms with Crippen molar-refractivity contribution in [1.29, 1.82) is 0 Å². The van der Waals surface area contributed by atoms with Crippen LogP contribution in [-0.4, -0.2) is 19.5 Å². The Hall–Kier alpha value is -1.59. The van der Waals surface area contributed by atoms with Crippen LogP contribution < -0.4 is 5.32 Å². The van der Waals surface area contributed by atoms with Crippen LogP contribution >= 0.6 is 0 Å². The Bertz CT molecular complexity index is 722. The summed E-state index contributed by atoms with van der Waals surface area (Å²) in [6.07, 6.45) is 2.07. The second kappa shape index (κ2) is 3.96. The first-order chi connectivity index (χ1) is 8.57. The lowest BCUT2D eigenvalue weighted by molar-refractivity contribution is 0.484. The number of hydrogen-bond acceptors (Lipinski definition) is 3. The van der Waals surface area contributed by atoms with E-state index in [0.29, 0.717) is 5.39 Å². The van der Waals surface area contributed by atoms with Crippen molar-refractivity contribution in [3.63, 3.8) is 0 Å². The molecule has 0 saturated carbocycles. The Morgan fingerprint density at radius 1 is 1.11 bits per heavy atom. The average Bonchev–Trinajstić information content (AvgIpc) is 2.36. The number of hydrogen-bond donors (Lipinski definition) is 2. The van der Waals surface area contributed by atoms with Gasteiger partial charge < -0.3 is 5.32 Å². The van der Waals surface area contributed by atoms with Crippen molar-refractivity contribution in [1.82, 2.24) is 0 Å². The summed E-state index contributed by atoms with van der Waals surface area (Å²) in [5.41, 5.74) is 2.19. The number of fused-ring (bicyclic) bond motifs is 3. The largest absolute Gasteiger partial charge is 0.384 e. The Kier molecular flexibility index (Phi) is 2.53. The van der Waals surface area contributed by atoms with E-state index < -0.39 is 10.1 Å². The van der Waals surface area contributed by atoms with Crippen molar-refractivity contribution in [2.45, 2.75) is 17.7 Å². The highest BCUT2D eigenvalue weighted by Gasteiger charge is 2.17. The molecule has 0 aromatic heterocycles. The summed E-state index contributed by atoms with van der Waals surface area (Å²) in [6.45, 7) is 0.891. The molecule has 18 heavy (non-hydrogen) atoms. The standard InChI is InChI=1S/C13H13NO3S/c15-18(16,17)12-5-1-4-11-10(12)7-6-9-3-2-8-14-13(9)11/h1,4-7,14H,2-3,8H2,(H,15,16,17). The van der Waals surface area contributed by atoms with E-state index >= 15 is 0 Å². The first kappa shape index (κ1) is 11.5. The minimum absolute atomic E-state index is 0.0322. The maximum atomic E-state index is 11.4. The van der Waals surface area contributed by atoms with Crippen molar-refractivity contribution >= 4 is 26.6 Å². The summed E-state index contributed by atoms with van der Waals surface area (Å²) in [5.74, 6) is 0. The Labute approximate surface area is 105 Å². The van der Waals surface area contributed by atoms with Gasteiger partial charge in [0.2, 0.25) is 0 Å². The lowest BCUT2D eigenvalue weighted by Gasteiger charge is -2.20. The molecule has 5 heteroatoms. The van der Waals surface area contributed by atoms with Crippen LogP contribution in [0.4, 0.5) is 5.69 Å². The van der Waals surface area contributed by atoms with Gasteiger partial charge in [0.25, 0.3) is 10.1 Å². The van der Waals surface area contributed by atoms with Gasteiger partial charge in [-0.25, -0.2) is 0 Å². The number of nitrogens with one attached hydrogen (secondary N) is 1. The zero-order valence-electron chi connectivity index (χ0n) is 9.68. The van der Waals surface area contributed by atoms with Gasteiger partial charge in [0.05, 0.1) is 0 Å². The monoisotopic (exact) mass is 263 g/mol. The highest BCUT2D eigenvalue weighted by molar-refractivity contribution is 7.86. The molecule has 1 heterocycles. The number of benzene rings is 2. The molecule has 0 fully saturated rings. The average molecular weight is 263 g/mol. The molecule has 2 N–H and O–H groups in total. The molecule has 1 aliphatic rings. The fourth-order valence-corrected chi connectivity index (χ4v) is 3.21. The van der Waals surface area contributed by atoms with Crippen LogP contribution in [0.25, 0.3) is 10.8 Å². The Morgan fingerprint density at radius 2 is 1.94 bits per heavy atom. The van der Waals surface area contributed by atoms with Crippen molar-refractivity contribution in [2.24, 2.45) is 0 Å². The van der Waals surface area contributed by atoms with Gasteiger partial charge in [-0.15, -0.1) is 0 Å². The fraction of sp³-hybridized carbons (Fsp3) is 0.231. The van der Waals surface area contributed by atoms with Gasteiger partial charge >= 0.3 is 0 Å². The summed E-state index contributed by atoms with van der Waals surface area (Å²) in [6, 6.07) is 8.65. The Morgan fingerprint density at radius 3 is 2.72 bits per heavy atom. The number of rotatable bonds is 1. The zero-order chi connectivity index (χ0) is 12.8. The third-order valence-electron chi connectivity index (χ3n) is 3.31. The molecule has 0 spiro atoms. The fourth-order valence-electron chi connectivity index (χ4n) is 2.51. The molecule has 1 aliphatic heterocycles. The third kappa shape index (κ3) is 1.76. The van der Waals surface area contributed by atoms with Crippen LogP contribution in [0, 0.1) is 0 Å². The summed E-state index contributed by atoms with van der Waals surface area (Å²) in [7, 11) is -4.18. The lowest BCUT2D eigenvalue weighted by Crippen LogP contribution is -2.12. The van der Waals surface area contributed by atoms with E-state index in [9.17, 15) is 13.0 Å². The highest BCUT2D eigenvalue weighted by atomic mass is 32.2. The van der Waals surface area contributed by atoms with E-state index in [4.69, 9.17) is 0 Å². The van der Waals surface area contributed by atoms with E-state index in [-0.39, 0.29) is 4.90 Å². The summed E-state index contributed by atoms with van der Waals surface area (Å²) in [4.78, 5) is -0.0322. The second-order valence-corrected chi connectivity index (χ2v) is 5.85. The third-order valence-corrected chi connectivity index (χ3v) is 4.22. The molecular weight excluding hydrogens is 250 g/mol. The molecular formula is C13H13NO3S. The van der Waals surface area contributed by atoms with Crippen LogP contribution in [0.1, 0.15) is 12.0 Å². The van der Waals surface area contributed by atoms with Gasteiger partial charge in [-0.2, -0.15) is 8.42 Å². The summed E-state index contributed by atoms with van der Waals surface area (Å²) < 4.78 is 31.9. The van der Waals surface area contributed by atoms with Crippen LogP contribution in [-0.2, 0) is 16.5 Å². The van der Waals surface area contributed by atoms with E-state index in [1.165, 1.54) is 11.6 Å². The van der Waals surface area contributed by atoms with Crippen molar-refractivity contribution in [3.05, 3.63) is 35.9 Å². The van der Waals surface area contributed by atoms with Crippen LogP contribution in [0.2, 0.25) is 0 Å². The second-order valence-electron chi connectivity index (χ2n) is 4.46. The molecule has 2 aromatic rings. The minimum Gasteiger partial charge on any atom is -0.384 e. The predicted molar refractivity (Wildman–Crippen MR) is 70.6 cm³/mol. The normalized spacial score (nSPS) is 15.2. The predicted octanol–water partition coefficient (Wildman–Crippen LogP) is 2.44. The molecule has 0 unspecified atom stereocenters. The maximum Gasteiger partial charge on any atom is 0.295 e. The molecule has 2 aromatic carbocycles. The van der Waals surface area contributed by atoms with Crippen molar-refractivity contribution in [2.75, 3.05) is 11.9 Å². The van der Waals surface area contributed by atoms with E-state index in [2.05, 4.69) is 5.32 Å². The van der Waals surface area contributed by atoms with Gasteiger partial charge in [-0.1, -0.05) is 24.3 Å². The summed E-state index contributed by atoms with van der Waals surface area (Å²) >= 11 is 0. The summed E-state index contributed by atoms with van der Waals surface area (Å²) in [5, 5.41) is 4.72. The van der Waals surface area contributed by atoms with Crippen molar-refractivity contribution < 1.29 is 13.0 Å². The number of anilines is 1. The quantitative estimate of drug-likeness (QED) is 0.776. The van der Waals surface area contributed by atoms with Crippen LogP contribution in [0.3, 0.4) is 0 Å². The van der Waals surface area contributed by atoms with E-state index in [1.807, 2.05) is 12.1 Å². The smallest absolute Gasteiger partial charge is 0.295 e. The van der Waals surface area contributed by atoms with E-state index in [0.717, 1.165) is 30.5 Å². The number of aryl methyl sites for hydroxylation is 1. The topological polar surface area (TPSA) is 66.4 Å². The first-order valence-corrected chi connectivity index (χ1v) is 7.27. The van der Waals surface area contributed by atoms with Gasteiger partial charge in [-0.05, 0) is 24.5 Å². The maximum absolute atomic E-state index is 11.4. The molecule has 0 saturated heterocycles. The van der Waals surface area contributed by atoms with E-state index in [1.54, 1.807) is 12.1 Å². The molecule has 0 aliphatic carbocycles. The molecule has 0 atom stereocenters. The first-order valence-electron chi connectivity index (χ1n) is 5.83. The van der Waals surface area contributed by atoms with Crippen LogP contribution in [0.5, 0.6) is 0 Å². The Balaban J connectivity index is 2.38. The van der Waals surface area contributed by atoms with Crippen LogP contribution in [0.15, 0.2) is 35.2 Å². The van der Waals surface area contributed by atoms with Gasteiger partial charge in [0.1, 0.15) is 4.90 Å². The minimum atomic E-state index is -4.18. The van der Waals surface area contributed by atoms with Gasteiger partial charge in [0.15, 0.2) is 0 Å². The van der Waals surface area contributed by atoms with Crippen molar-refractivity contribution in [3.8, 4) is 0 Å². The highest BCUT2D eigenvalue weighted by Crippen LogP contribution is 2.33. The zero-order valence-corrected chi connectivity index (χ0v) is 10.5. The molecule has 0 bridgehead atoms. The molecule has 0 amide bonds. The molecule has 94 valence electrons. The molecule has 4 nitrogen and oxygen atoms in total. The van der Waals surface area contributed by atoms with Gasteiger partial charge in [0, 0.05) is 23.0 Å². The molecule has 3 rings (SSSR count). The van der Waals surface area contributed by atoms with Gasteiger partial charge in [-0.3, -0.25) is 4.55 Å². The SMILES string of the molecule is O=S(=O)(O)c1cccc2c3c(ccc12)CCCN3. The lowest BCUT2D eigenvalue weighted by atomic mass is 9.98.